The van der Waals surface area contributed by atoms with Gasteiger partial charge in [-0.2, -0.15) is 0 Å². The van der Waals surface area contributed by atoms with Crippen molar-refractivity contribution < 1.29 is 9.90 Å². The lowest BCUT2D eigenvalue weighted by Gasteiger charge is -2.17. The molecule has 0 fully saturated rings. The third-order valence-corrected chi connectivity index (χ3v) is 10.1. The van der Waals surface area contributed by atoms with Gasteiger partial charge in [0.25, 0.3) is 0 Å². The van der Waals surface area contributed by atoms with E-state index in [1.165, 1.54) is 209 Å². The van der Waals surface area contributed by atoms with Gasteiger partial charge in [0.2, 0.25) is 0 Å². The number of carboxylic acids is 1. The standard InChI is InChI=1S/C43H78O2/c1-4-7-10-13-16-19-22-25-28-31-34-39-37-41(43(44)45)38-40(35-32-29-26-23-20-17-14-11-8-5-2)42(39)36-33-30-27-24-21-18-15-12-9-6-3/h37-38H,4-36H2,1-3H3,(H,44,45). The van der Waals surface area contributed by atoms with Gasteiger partial charge in [-0.25, -0.2) is 4.79 Å². The van der Waals surface area contributed by atoms with Gasteiger partial charge in [0.1, 0.15) is 0 Å². The van der Waals surface area contributed by atoms with E-state index in [4.69, 9.17) is 0 Å². The second-order valence-electron chi connectivity index (χ2n) is 14.4. The topological polar surface area (TPSA) is 37.3 Å². The van der Waals surface area contributed by atoms with Crippen molar-refractivity contribution in [2.24, 2.45) is 0 Å². The number of rotatable bonds is 34. The number of aryl methyl sites for hydroxylation is 2. The first kappa shape index (κ1) is 41.7. The smallest absolute Gasteiger partial charge is 0.335 e. The summed E-state index contributed by atoms with van der Waals surface area (Å²) in [5.74, 6) is -0.755. The van der Waals surface area contributed by atoms with E-state index in [9.17, 15) is 9.90 Å². The fourth-order valence-electron chi connectivity index (χ4n) is 7.08. The van der Waals surface area contributed by atoms with Crippen LogP contribution in [0.4, 0.5) is 0 Å². The van der Waals surface area contributed by atoms with E-state index in [0.717, 1.165) is 19.3 Å². The number of hydrogen-bond acceptors (Lipinski definition) is 1. The zero-order chi connectivity index (χ0) is 32.6. The summed E-state index contributed by atoms with van der Waals surface area (Å²) in [7, 11) is 0. The molecule has 1 aromatic carbocycles. The number of aromatic carboxylic acids is 1. The van der Waals surface area contributed by atoms with Crippen LogP contribution in [0.5, 0.6) is 0 Å². The molecular formula is C43H78O2. The van der Waals surface area contributed by atoms with Crippen LogP contribution >= 0.6 is 0 Å². The average Bonchev–Trinajstić information content (AvgIpc) is 3.04. The van der Waals surface area contributed by atoms with E-state index in [1.54, 1.807) is 0 Å². The zero-order valence-corrected chi connectivity index (χ0v) is 30.8. The van der Waals surface area contributed by atoms with E-state index in [0.29, 0.717) is 5.56 Å². The summed E-state index contributed by atoms with van der Waals surface area (Å²) in [4.78, 5) is 12.1. The Kier molecular flexibility index (Phi) is 29.0. The Morgan fingerprint density at radius 1 is 0.400 bits per heavy atom. The molecule has 0 saturated heterocycles. The van der Waals surface area contributed by atoms with Crippen molar-refractivity contribution in [2.45, 2.75) is 233 Å². The molecule has 2 heteroatoms. The van der Waals surface area contributed by atoms with Gasteiger partial charge >= 0.3 is 5.97 Å². The minimum Gasteiger partial charge on any atom is -0.478 e. The maximum absolute atomic E-state index is 12.1. The van der Waals surface area contributed by atoms with Gasteiger partial charge in [-0.1, -0.05) is 194 Å². The number of carboxylic acid groups (broad SMARTS) is 1. The second-order valence-corrected chi connectivity index (χ2v) is 14.4. The SMILES string of the molecule is CCCCCCCCCCCCc1cc(C(=O)O)cc(CCCCCCCCCCCC)c1CCCCCCCCCCCC. The molecule has 0 bridgehead atoms. The summed E-state index contributed by atoms with van der Waals surface area (Å²) in [5, 5.41) is 9.98. The van der Waals surface area contributed by atoms with E-state index < -0.39 is 5.97 Å². The monoisotopic (exact) mass is 627 g/mol. The molecule has 0 aliphatic carbocycles. The first-order valence-corrected chi connectivity index (χ1v) is 20.5. The molecule has 1 N–H and O–H groups in total. The molecule has 45 heavy (non-hydrogen) atoms. The van der Waals surface area contributed by atoms with Crippen molar-refractivity contribution in [3.8, 4) is 0 Å². The molecule has 0 amide bonds. The molecule has 0 saturated carbocycles. The Balaban J connectivity index is 2.65. The number of carbonyl (C=O) groups is 1. The third kappa shape index (κ3) is 23.6. The predicted octanol–water partition coefficient (Wildman–Crippen LogP) is 14.8. The minimum absolute atomic E-state index is 0.519. The lowest BCUT2D eigenvalue weighted by Crippen LogP contribution is -2.07. The fraction of sp³-hybridized carbons (Fsp3) is 0.837. The van der Waals surface area contributed by atoms with Gasteiger partial charge in [-0.15, -0.1) is 0 Å². The molecule has 0 aliphatic heterocycles. The van der Waals surface area contributed by atoms with Crippen LogP contribution in [-0.4, -0.2) is 11.1 Å². The lowest BCUT2D eigenvalue weighted by atomic mass is 9.88. The molecule has 1 aromatic rings. The Morgan fingerprint density at radius 2 is 0.644 bits per heavy atom. The van der Waals surface area contributed by atoms with Crippen LogP contribution in [0.2, 0.25) is 0 Å². The molecule has 262 valence electrons. The molecule has 0 atom stereocenters. The van der Waals surface area contributed by atoms with E-state index in [-0.39, 0.29) is 0 Å². The second kappa shape index (κ2) is 31.3. The van der Waals surface area contributed by atoms with Gasteiger partial charge in [-0.3, -0.25) is 0 Å². The summed E-state index contributed by atoms with van der Waals surface area (Å²) in [6, 6.07) is 4.09. The maximum atomic E-state index is 12.1. The van der Waals surface area contributed by atoms with Crippen molar-refractivity contribution in [1.29, 1.82) is 0 Å². The van der Waals surface area contributed by atoms with Crippen LogP contribution in [0.25, 0.3) is 0 Å². The zero-order valence-electron chi connectivity index (χ0n) is 30.8. The van der Waals surface area contributed by atoms with Gasteiger partial charge in [0.05, 0.1) is 5.56 Å². The first-order chi connectivity index (χ1) is 22.1. The van der Waals surface area contributed by atoms with Crippen LogP contribution < -0.4 is 0 Å². The van der Waals surface area contributed by atoms with E-state index in [1.807, 2.05) is 12.1 Å². The van der Waals surface area contributed by atoms with Gasteiger partial charge < -0.3 is 5.11 Å². The van der Waals surface area contributed by atoms with Crippen molar-refractivity contribution in [3.05, 3.63) is 34.4 Å². The molecule has 0 unspecified atom stereocenters. The normalized spacial score (nSPS) is 11.4. The molecule has 2 nitrogen and oxygen atoms in total. The first-order valence-electron chi connectivity index (χ1n) is 20.5. The molecule has 1 rings (SSSR count). The molecule has 0 aromatic heterocycles. The Bertz CT molecular complexity index is 752. The Labute approximate surface area is 282 Å². The van der Waals surface area contributed by atoms with Crippen LogP contribution in [0.1, 0.15) is 240 Å². The summed E-state index contributed by atoms with van der Waals surface area (Å²) in [6.07, 6.45) is 43.8. The maximum Gasteiger partial charge on any atom is 0.335 e. The largest absolute Gasteiger partial charge is 0.478 e. The molecule has 0 aliphatic rings. The Hall–Kier alpha value is -1.31. The predicted molar refractivity (Wildman–Crippen MR) is 200 cm³/mol. The van der Waals surface area contributed by atoms with Crippen LogP contribution in [0.3, 0.4) is 0 Å². The highest BCUT2D eigenvalue weighted by molar-refractivity contribution is 5.88. The lowest BCUT2D eigenvalue weighted by molar-refractivity contribution is 0.0696. The molecular weight excluding hydrogens is 548 g/mol. The van der Waals surface area contributed by atoms with Crippen molar-refractivity contribution >= 4 is 5.97 Å². The summed E-state index contributed by atoms with van der Waals surface area (Å²) >= 11 is 0. The highest BCUT2D eigenvalue weighted by Gasteiger charge is 2.14. The summed E-state index contributed by atoms with van der Waals surface area (Å²) < 4.78 is 0. The van der Waals surface area contributed by atoms with E-state index >= 15 is 0 Å². The van der Waals surface area contributed by atoms with Crippen LogP contribution in [-0.2, 0) is 19.3 Å². The van der Waals surface area contributed by atoms with E-state index in [2.05, 4.69) is 20.8 Å². The van der Waals surface area contributed by atoms with Crippen molar-refractivity contribution in [1.82, 2.24) is 0 Å². The van der Waals surface area contributed by atoms with Gasteiger partial charge in [0, 0.05) is 0 Å². The Morgan fingerprint density at radius 3 is 0.911 bits per heavy atom. The molecule has 0 radical (unpaired) electrons. The molecule has 0 spiro atoms. The average molecular weight is 627 g/mol. The van der Waals surface area contributed by atoms with Gasteiger partial charge in [0.15, 0.2) is 0 Å². The van der Waals surface area contributed by atoms with Crippen LogP contribution in [0, 0.1) is 0 Å². The third-order valence-electron chi connectivity index (χ3n) is 10.1. The fourth-order valence-corrected chi connectivity index (χ4v) is 7.08. The van der Waals surface area contributed by atoms with Crippen LogP contribution in [0.15, 0.2) is 12.1 Å². The summed E-state index contributed by atoms with van der Waals surface area (Å²) in [6.45, 7) is 6.87. The van der Waals surface area contributed by atoms with Gasteiger partial charge in [-0.05, 0) is 67.3 Å². The minimum atomic E-state index is -0.755. The quantitative estimate of drug-likeness (QED) is 0.0773. The highest BCUT2D eigenvalue weighted by Crippen LogP contribution is 2.26. The highest BCUT2D eigenvalue weighted by atomic mass is 16.4. The van der Waals surface area contributed by atoms with Crippen molar-refractivity contribution in [2.75, 3.05) is 0 Å². The number of unbranched alkanes of at least 4 members (excludes halogenated alkanes) is 27. The number of hydrogen-bond donors (Lipinski definition) is 1. The number of benzene rings is 1. The molecule has 0 heterocycles. The summed E-state index contributed by atoms with van der Waals surface area (Å²) in [5.41, 5.74) is 4.75. The van der Waals surface area contributed by atoms with Crippen molar-refractivity contribution in [3.63, 3.8) is 0 Å².